The predicted octanol–water partition coefficient (Wildman–Crippen LogP) is 3.38. The molecule has 0 bridgehead atoms. The van der Waals surface area contributed by atoms with Crippen molar-refractivity contribution in [3.8, 4) is 11.5 Å². The van der Waals surface area contributed by atoms with E-state index < -0.39 is 0 Å². The van der Waals surface area contributed by atoms with Crippen LogP contribution in [0.15, 0.2) is 54.9 Å². The molecular formula is C20H18N4O3. The molecule has 0 unspecified atom stereocenters. The highest BCUT2D eigenvalue weighted by molar-refractivity contribution is 6.07. The van der Waals surface area contributed by atoms with Gasteiger partial charge < -0.3 is 20.1 Å². The van der Waals surface area contributed by atoms with Crippen LogP contribution in [0, 0.1) is 6.92 Å². The number of hydrogen-bond acceptors (Lipinski definition) is 6. The van der Waals surface area contributed by atoms with Crippen molar-refractivity contribution in [1.29, 1.82) is 0 Å². The number of nitrogens with zero attached hydrogens (tertiary/aromatic N) is 2. The molecule has 0 fully saturated rings. The highest BCUT2D eigenvalue weighted by Crippen LogP contribution is 2.34. The standard InChI is InChI=1S/C20H18N4O3/c1-13-4-6-16(19(23-13)22-11-14-3-2-8-21-10-14)20(25)24-15-5-7-17-18(9-15)27-12-26-17/h2-10H,11-12H2,1H3,(H,22,23)(H,24,25). The third-order valence-electron chi connectivity index (χ3n) is 4.09. The lowest BCUT2D eigenvalue weighted by Gasteiger charge is -2.12. The smallest absolute Gasteiger partial charge is 0.259 e. The zero-order valence-electron chi connectivity index (χ0n) is 14.7. The van der Waals surface area contributed by atoms with Gasteiger partial charge in [-0.25, -0.2) is 4.98 Å². The van der Waals surface area contributed by atoms with Crippen LogP contribution in [0.5, 0.6) is 11.5 Å². The van der Waals surface area contributed by atoms with Crippen LogP contribution in [0.4, 0.5) is 11.5 Å². The van der Waals surface area contributed by atoms with E-state index in [9.17, 15) is 4.79 Å². The fourth-order valence-corrected chi connectivity index (χ4v) is 2.74. The molecule has 136 valence electrons. The molecule has 0 atom stereocenters. The predicted molar refractivity (Wildman–Crippen MR) is 101 cm³/mol. The molecule has 0 saturated carbocycles. The molecular weight excluding hydrogens is 344 g/mol. The van der Waals surface area contributed by atoms with Gasteiger partial charge in [-0.3, -0.25) is 9.78 Å². The van der Waals surface area contributed by atoms with Crippen LogP contribution in [0.1, 0.15) is 21.6 Å². The van der Waals surface area contributed by atoms with E-state index in [4.69, 9.17) is 9.47 Å². The first-order chi connectivity index (χ1) is 13.2. The normalized spacial score (nSPS) is 11.9. The number of aryl methyl sites for hydroxylation is 1. The summed E-state index contributed by atoms with van der Waals surface area (Å²) in [6, 6.07) is 12.7. The number of anilines is 2. The van der Waals surface area contributed by atoms with Gasteiger partial charge in [-0.1, -0.05) is 6.07 Å². The number of aromatic nitrogens is 2. The van der Waals surface area contributed by atoms with Crippen molar-refractivity contribution in [2.45, 2.75) is 13.5 Å². The van der Waals surface area contributed by atoms with E-state index in [1.54, 1.807) is 36.7 Å². The molecule has 0 aliphatic carbocycles. The average Bonchev–Trinajstić information content (AvgIpc) is 3.15. The summed E-state index contributed by atoms with van der Waals surface area (Å²) >= 11 is 0. The number of benzene rings is 1. The van der Waals surface area contributed by atoms with Crippen molar-refractivity contribution in [3.63, 3.8) is 0 Å². The second-order valence-electron chi connectivity index (χ2n) is 6.09. The maximum Gasteiger partial charge on any atom is 0.259 e. The van der Waals surface area contributed by atoms with E-state index in [1.165, 1.54) is 0 Å². The summed E-state index contributed by atoms with van der Waals surface area (Å²) in [6.07, 6.45) is 3.49. The van der Waals surface area contributed by atoms with Crippen molar-refractivity contribution in [2.24, 2.45) is 0 Å². The van der Waals surface area contributed by atoms with Crippen molar-refractivity contribution < 1.29 is 14.3 Å². The van der Waals surface area contributed by atoms with E-state index in [1.807, 2.05) is 25.1 Å². The topological polar surface area (TPSA) is 85.4 Å². The van der Waals surface area contributed by atoms with Crippen molar-refractivity contribution in [1.82, 2.24) is 9.97 Å². The van der Waals surface area contributed by atoms with Gasteiger partial charge in [0.1, 0.15) is 5.82 Å². The molecule has 0 saturated heterocycles. The first-order valence-corrected chi connectivity index (χ1v) is 8.50. The van der Waals surface area contributed by atoms with Gasteiger partial charge in [0.15, 0.2) is 11.5 Å². The molecule has 27 heavy (non-hydrogen) atoms. The maximum atomic E-state index is 12.8. The summed E-state index contributed by atoms with van der Waals surface area (Å²) in [6.45, 7) is 2.60. The third-order valence-corrected chi connectivity index (χ3v) is 4.09. The summed E-state index contributed by atoms with van der Waals surface area (Å²) in [5.74, 6) is 1.56. The number of nitrogens with one attached hydrogen (secondary N) is 2. The number of carbonyl (C=O) groups excluding carboxylic acids is 1. The van der Waals surface area contributed by atoms with E-state index >= 15 is 0 Å². The number of carbonyl (C=O) groups is 1. The van der Waals surface area contributed by atoms with Crippen LogP contribution in [-0.2, 0) is 6.54 Å². The molecule has 0 radical (unpaired) electrons. The SMILES string of the molecule is Cc1ccc(C(=O)Nc2ccc3c(c2)OCO3)c(NCc2cccnc2)n1. The highest BCUT2D eigenvalue weighted by Gasteiger charge is 2.17. The zero-order chi connectivity index (χ0) is 18.6. The van der Waals surface area contributed by atoms with Gasteiger partial charge in [0.05, 0.1) is 5.56 Å². The Labute approximate surface area is 156 Å². The molecule has 2 N–H and O–H groups in total. The van der Waals surface area contributed by atoms with Gasteiger partial charge in [0.25, 0.3) is 5.91 Å². The second-order valence-corrected chi connectivity index (χ2v) is 6.09. The summed E-state index contributed by atoms with van der Waals surface area (Å²) in [7, 11) is 0. The molecule has 0 spiro atoms. The van der Waals surface area contributed by atoms with Crippen LogP contribution in [-0.4, -0.2) is 22.7 Å². The monoisotopic (exact) mass is 362 g/mol. The largest absolute Gasteiger partial charge is 0.454 e. The fraction of sp³-hybridized carbons (Fsp3) is 0.150. The Morgan fingerprint density at radius 3 is 2.89 bits per heavy atom. The Bertz CT molecular complexity index is 976. The molecule has 1 aliphatic heterocycles. The minimum absolute atomic E-state index is 0.191. The van der Waals surface area contributed by atoms with Crippen LogP contribution in [0.3, 0.4) is 0 Å². The molecule has 3 heterocycles. The lowest BCUT2D eigenvalue weighted by Crippen LogP contribution is -2.16. The molecule has 4 rings (SSSR count). The lowest BCUT2D eigenvalue weighted by molar-refractivity contribution is 0.102. The number of fused-ring (bicyclic) bond motifs is 1. The average molecular weight is 362 g/mol. The van der Waals surface area contributed by atoms with E-state index in [0.29, 0.717) is 35.1 Å². The maximum absolute atomic E-state index is 12.8. The van der Waals surface area contributed by atoms with E-state index in [0.717, 1.165) is 11.3 Å². The van der Waals surface area contributed by atoms with Crippen LogP contribution < -0.4 is 20.1 Å². The van der Waals surface area contributed by atoms with Crippen molar-refractivity contribution >= 4 is 17.4 Å². The number of pyridine rings is 2. The van der Waals surface area contributed by atoms with Crippen LogP contribution in [0.2, 0.25) is 0 Å². The minimum atomic E-state index is -0.255. The van der Waals surface area contributed by atoms with E-state index in [2.05, 4.69) is 20.6 Å². The Kier molecular flexibility index (Phi) is 4.57. The number of rotatable bonds is 5. The quantitative estimate of drug-likeness (QED) is 0.724. The lowest BCUT2D eigenvalue weighted by atomic mass is 10.2. The van der Waals surface area contributed by atoms with Crippen LogP contribution >= 0.6 is 0 Å². The molecule has 2 aromatic heterocycles. The fourth-order valence-electron chi connectivity index (χ4n) is 2.74. The summed E-state index contributed by atoms with van der Waals surface area (Å²) in [5.41, 5.74) is 2.91. The highest BCUT2D eigenvalue weighted by atomic mass is 16.7. The Balaban J connectivity index is 1.52. The number of ether oxygens (including phenoxy) is 2. The minimum Gasteiger partial charge on any atom is -0.454 e. The molecule has 1 aromatic carbocycles. The number of hydrogen-bond donors (Lipinski definition) is 2. The van der Waals surface area contributed by atoms with Crippen molar-refractivity contribution in [2.75, 3.05) is 17.4 Å². The Morgan fingerprint density at radius 2 is 2.04 bits per heavy atom. The molecule has 3 aromatic rings. The third kappa shape index (κ3) is 3.82. The van der Waals surface area contributed by atoms with Gasteiger partial charge in [-0.05, 0) is 42.8 Å². The first kappa shape index (κ1) is 16.8. The summed E-state index contributed by atoms with van der Waals surface area (Å²) in [5, 5.41) is 6.10. The Hall–Kier alpha value is -3.61. The van der Waals surface area contributed by atoms with Gasteiger partial charge in [-0.15, -0.1) is 0 Å². The van der Waals surface area contributed by atoms with Gasteiger partial charge in [0, 0.05) is 36.4 Å². The molecule has 1 amide bonds. The molecule has 7 heteroatoms. The number of amides is 1. The van der Waals surface area contributed by atoms with Gasteiger partial charge in [-0.2, -0.15) is 0 Å². The van der Waals surface area contributed by atoms with E-state index in [-0.39, 0.29) is 12.7 Å². The summed E-state index contributed by atoms with van der Waals surface area (Å²) < 4.78 is 10.6. The molecule has 1 aliphatic rings. The Morgan fingerprint density at radius 1 is 1.15 bits per heavy atom. The first-order valence-electron chi connectivity index (χ1n) is 8.50. The van der Waals surface area contributed by atoms with Crippen LogP contribution in [0.25, 0.3) is 0 Å². The van der Waals surface area contributed by atoms with Crippen molar-refractivity contribution in [3.05, 3.63) is 71.7 Å². The zero-order valence-corrected chi connectivity index (χ0v) is 14.7. The second kappa shape index (κ2) is 7.33. The summed E-state index contributed by atoms with van der Waals surface area (Å²) in [4.78, 5) is 21.3. The van der Waals surface area contributed by atoms with Gasteiger partial charge >= 0.3 is 0 Å². The van der Waals surface area contributed by atoms with Gasteiger partial charge in [0.2, 0.25) is 6.79 Å². The molecule has 7 nitrogen and oxygen atoms in total.